The van der Waals surface area contributed by atoms with Gasteiger partial charge in [-0.1, -0.05) is 18.2 Å². The monoisotopic (exact) mass is 403 g/mol. The second kappa shape index (κ2) is 7.95. The third kappa shape index (κ3) is 4.74. The number of benzene rings is 3. The number of anilines is 1. The molecular weight excluding hydrogens is 386 g/mol. The van der Waals surface area contributed by atoms with Crippen molar-refractivity contribution >= 4 is 11.6 Å². The smallest absolute Gasteiger partial charge is 0.419 e. The van der Waals surface area contributed by atoms with Gasteiger partial charge in [0, 0.05) is 5.69 Å². The second-order valence-electron chi connectivity index (χ2n) is 6.51. The van der Waals surface area contributed by atoms with Crippen LogP contribution in [-0.2, 0) is 6.18 Å². The lowest BCUT2D eigenvalue weighted by molar-refractivity contribution is -0.138. The molecule has 1 N–H and O–H groups in total. The van der Waals surface area contributed by atoms with Gasteiger partial charge in [0.25, 0.3) is 5.91 Å². The number of carbonyl (C=O) groups excluding carboxylic acids is 1. The molecule has 0 saturated heterocycles. The zero-order valence-electron chi connectivity index (χ0n) is 15.6. The van der Waals surface area contributed by atoms with Crippen molar-refractivity contribution in [1.82, 2.24) is 0 Å². The molecule has 150 valence electrons. The molecule has 3 nitrogen and oxygen atoms in total. The number of rotatable bonds is 4. The van der Waals surface area contributed by atoms with Crippen molar-refractivity contribution in [2.24, 2.45) is 0 Å². The maximum absolute atomic E-state index is 13.9. The number of hydrogen-bond acceptors (Lipinski definition) is 2. The molecule has 0 aliphatic rings. The number of nitrogens with one attached hydrogen (secondary N) is 1. The average Bonchev–Trinajstić information content (AvgIpc) is 2.62. The quantitative estimate of drug-likeness (QED) is 0.505. The van der Waals surface area contributed by atoms with Gasteiger partial charge >= 0.3 is 6.18 Å². The number of carbonyl (C=O) groups is 1. The molecule has 0 radical (unpaired) electrons. The fourth-order valence-corrected chi connectivity index (χ4v) is 2.79. The van der Waals surface area contributed by atoms with Crippen molar-refractivity contribution in [3.8, 4) is 11.5 Å². The maximum atomic E-state index is 13.9. The van der Waals surface area contributed by atoms with Gasteiger partial charge in [0.1, 0.15) is 17.3 Å². The summed E-state index contributed by atoms with van der Waals surface area (Å²) in [6, 6.07) is 13.7. The van der Waals surface area contributed by atoms with E-state index in [1.54, 1.807) is 19.9 Å². The molecule has 3 aromatic rings. The van der Waals surface area contributed by atoms with Crippen molar-refractivity contribution in [3.05, 3.63) is 88.7 Å². The first kappa shape index (κ1) is 20.4. The molecule has 1 amide bonds. The number of ether oxygens (including phenoxy) is 1. The predicted octanol–water partition coefficient (Wildman–Crippen LogP) is 6.51. The normalized spacial score (nSPS) is 11.2. The molecule has 3 aromatic carbocycles. The van der Waals surface area contributed by atoms with Gasteiger partial charge in [0.2, 0.25) is 0 Å². The highest BCUT2D eigenvalue weighted by atomic mass is 19.4. The first-order valence-electron chi connectivity index (χ1n) is 8.67. The Hall–Kier alpha value is -3.35. The average molecular weight is 403 g/mol. The Balaban J connectivity index is 1.78. The maximum Gasteiger partial charge on any atom is 0.419 e. The molecule has 0 spiro atoms. The van der Waals surface area contributed by atoms with E-state index >= 15 is 0 Å². The first-order valence-corrected chi connectivity index (χ1v) is 8.67. The van der Waals surface area contributed by atoms with Crippen molar-refractivity contribution in [1.29, 1.82) is 0 Å². The van der Waals surface area contributed by atoms with E-state index in [9.17, 15) is 22.4 Å². The van der Waals surface area contributed by atoms with Gasteiger partial charge in [-0.3, -0.25) is 4.79 Å². The summed E-state index contributed by atoms with van der Waals surface area (Å²) < 4.78 is 58.8. The molecule has 0 aliphatic carbocycles. The van der Waals surface area contributed by atoms with Gasteiger partial charge in [0.05, 0.1) is 11.1 Å². The fourth-order valence-electron chi connectivity index (χ4n) is 2.79. The predicted molar refractivity (Wildman–Crippen MR) is 102 cm³/mol. The van der Waals surface area contributed by atoms with E-state index in [-0.39, 0.29) is 17.1 Å². The molecule has 0 unspecified atom stereocenters. The SMILES string of the molecule is Cc1ccc(C(F)(F)F)c(Oc2ccc(NC(=O)c3c(C)cccc3F)cc2)c1. The summed E-state index contributed by atoms with van der Waals surface area (Å²) in [5.74, 6) is -1.40. The van der Waals surface area contributed by atoms with E-state index in [2.05, 4.69) is 5.32 Å². The molecule has 0 aromatic heterocycles. The van der Waals surface area contributed by atoms with E-state index in [1.165, 1.54) is 48.5 Å². The number of halogens is 4. The molecule has 0 bridgehead atoms. The summed E-state index contributed by atoms with van der Waals surface area (Å²) in [5, 5.41) is 2.56. The Morgan fingerprint density at radius 2 is 1.66 bits per heavy atom. The third-order valence-corrected chi connectivity index (χ3v) is 4.23. The number of hydrogen-bond donors (Lipinski definition) is 1. The zero-order valence-corrected chi connectivity index (χ0v) is 15.6. The largest absolute Gasteiger partial charge is 0.457 e. The molecule has 7 heteroatoms. The van der Waals surface area contributed by atoms with Crippen LogP contribution in [0.15, 0.2) is 60.7 Å². The van der Waals surface area contributed by atoms with Gasteiger partial charge in [0.15, 0.2) is 0 Å². The number of amides is 1. The van der Waals surface area contributed by atoms with E-state index in [0.717, 1.165) is 6.07 Å². The van der Waals surface area contributed by atoms with Gasteiger partial charge in [-0.25, -0.2) is 4.39 Å². The summed E-state index contributed by atoms with van der Waals surface area (Å²) in [6.07, 6.45) is -4.55. The van der Waals surface area contributed by atoms with Crippen molar-refractivity contribution < 1.29 is 27.1 Å². The molecule has 3 rings (SSSR count). The van der Waals surface area contributed by atoms with E-state index < -0.39 is 23.5 Å². The van der Waals surface area contributed by atoms with Crippen LogP contribution in [0.1, 0.15) is 27.0 Å². The minimum atomic E-state index is -4.55. The van der Waals surface area contributed by atoms with Crippen LogP contribution in [0, 0.1) is 19.7 Å². The zero-order chi connectivity index (χ0) is 21.2. The van der Waals surface area contributed by atoms with Crippen LogP contribution >= 0.6 is 0 Å². The van der Waals surface area contributed by atoms with Crippen LogP contribution < -0.4 is 10.1 Å². The van der Waals surface area contributed by atoms with Crippen LogP contribution in [0.2, 0.25) is 0 Å². The van der Waals surface area contributed by atoms with E-state index in [0.29, 0.717) is 16.8 Å². The highest BCUT2D eigenvalue weighted by Crippen LogP contribution is 2.38. The lowest BCUT2D eigenvalue weighted by Crippen LogP contribution is -2.15. The summed E-state index contributed by atoms with van der Waals surface area (Å²) in [4.78, 5) is 12.3. The highest BCUT2D eigenvalue weighted by molar-refractivity contribution is 6.05. The Labute approximate surface area is 164 Å². The fraction of sp³-hybridized carbons (Fsp3) is 0.136. The summed E-state index contributed by atoms with van der Waals surface area (Å²) in [6.45, 7) is 3.28. The lowest BCUT2D eigenvalue weighted by atomic mass is 10.1. The van der Waals surface area contributed by atoms with Gasteiger partial charge in [-0.2, -0.15) is 13.2 Å². The van der Waals surface area contributed by atoms with Gasteiger partial charge in [-0.15, -0.1) is 0 Å². The Bertz CT molecular complexity index is 1020. The van der Waals surface area contributed by atoms with Crippen LogP contribution in [0.5, 0.6) is 11.5 Å². The Morgan fingerprint density at radius 1 is 0.966 bits per heavy atom. The summed E-state index contributed by atoms with van der Waals surface area (Å²) >= 11 is 0. The minimum Gasteiger partial charge on any atom is -0.457 e. The van der Waals surface area contributed by atoms with E-state index in [1.807, 2.05) is 0 Å². The molecule has 0 heterocycles. The first-order chi connectivity index (χ1) is 13.6. The van der Waals surface area contributed by atoms with Crippen LogP contribution in [0.25, 0.3) is 0 Å². The van der Waals surface area contributed by atoms with Crippen molar-refractivity contribution in [3.63, 3.8) is 0 Å². The molecule has 29 heavy (non-hydrogen) atoms. The number of aryl methyl sites for hydroxylation is 2. The summed E-state index contributed by atoms with van der Waals surface area (Å²) in [5.41, 5.74) is 0.516. The highest BCUT2D eigenvalue weighted by Gasteiger charge is 2.34. The topological polar surface area (TPSA) is 38.3 Å². The molecule has 0 saturated carbocycles. The van der Waals surface area contributed by atoms with Crippen LogP contribution in [0.3, 0.4) is 0 Å². The number of alkyl halides is 3. The molecule has 0 atom stereocenters. The molecule has 0 fully saturated rings. The second-order valence-corrected chi connectivity index (χ2v) is 6.51. The third-order valence-electron chi connectivity index (χ3n) is 4.23. The van der Waals surface area contributed by atoms with Gasteiger partial charge < -0.3 is 10.1 Å². The standard InChI is InChI=1S/C22H17F4NO2/c1-13-6-11-17(22(24,25)26)19(12-13)29-16-9-7-15(8-10-16)27-21(28)20-14(2)4-3-5-18(20)23/h3-12H,1-2H3,(H,27,28). The molecular formula is C22H17F4NO2. The van der Waals surface area contributed by atoms with Crippen molar-refractivity contribution in [2.45, 2.75) is 20.0 Å². The van der Waals surface area contributed by atoms with Crippen LogP contribution in [0.4, 0.5) is 23.2 Å². The van der Waals surface area contributed by atoms with Crippen molar-refractivity contribution in [2.75, 3.05) is 5.32 Å². The van der Waals surface area contributed by atoms with E-state index in [4.69, 9.17) is 4.74 Å². The van der Waals surface area contributed by atoms with Crippen LogP contribution in [-0.4, -0.2) is 5.91 Å². The lowest BCUT2D eigenvalue weighted by Gasteiger charge is -2.15. The van der Waals surface area contributed by atoms with Gasteiger partial charge in [-0.05, 0) is 67.4 Å². The minimum absolute atomic E-state index is 0.0672. The summed E-state index contributed by atoms with van der Waals surface area (Å²) in [7, 11) is 0. The Kier molecular flexibility index (Phi) is 5.59. The Morgan fingerprint density at radius 3 is 2.28 bits per heavy atom. The molecule has 0 aliphatic heterocycles.